The molecule has 3 radical (unpaired) electrons. The Morgan fingerprint density at radius 2 is 2.50 bits per heavy atom. The van der Waals surface area contributed by atoms with E-state index in [2.05, 4.69) is 17.3 Å². The van der Waals surface area contributed by atoms with Crippen molar-refractivity contribution in [3.8, 4) is 0 Å². The van der Waals surface area contributed by atoms with Crippen molar-refractivity contribution in [1.29, 1.82) is 0 Å². The van der Waals surface area contributed by atoms with E-state index in [1.807, 2.05) is 6.92 Å². The van der Waals surface area contributed by atoms with Crippen LogP contribution >= 0.6 is 0 Å². The van der Waals surface area contributed by atoms with Crippen molar-refractivity contribution < 1.29 is 9.23 Å². The van der Waals surface area contributed by atoms with E-state index in [0.29, 0.717) is 6.61 Å². The maximum atomic E-state index is 4.53. The number of rotatable bonds is 3. The highest BCUT2D eigenvalue weighted by Crippen LogP contribution is 1.64. The lowest BCUT2D eigenvalue weighted by molar-refractivity contribution is 0.314. The Labute approximate surface area is 39.6 Å². The molecule has 0 aliphatic carbocycles. The van der Waals surface area contributed by atoms with Gasteiger partial charge in [-0.05, 0) is 6.92 Å². The molecule has 4 heteroatoms. The van der Waals surface area contributed by atoms with Crippen molar-refractivity contribution in [1.82, 2.24) is 0 Å². The molecule has 2 nitrogen and oxygen atoms in total. The lowest BCUT2D eigenvalue weighted by Crippen LogP contribution is -2.00. The summed E-state index contributed by atoms with van der Waals surface area (Å²) < 4.78 is 8.45. The predicted molar refractivity (Wildman–Crippen MR) is 24.2 cm³/mol. The fourth-order valence-corrected chi connectivity index (χ4v) is 0.107. The van der Waals surface area contributed by atoms with Crippen molar-refractivity contribution >= 4 is 15.7 Å². The lowest BCUT2D eigenvalue weighted by atomic mass is 10.3. The van der Waals surface area contributed by atoms with Crippen LogP contribution in [0.25, 0.3) is 0 Å². The monoisotopic (exact) mass is 83.0 g/mol. The smallest absolute Gasteiger partial charge is 0.470 e. The molecule has 0 aliphatic heterocycles. The highest BCUT2D eigenvalue weighted by atomic mass is 16.6. The van der Waals surface area contributed by atoms with E-state index in [-0.39, 0.29) is 0 Å². The van der Waals surface area contributed by atoms with E-state index >= 15 is 0 Å². The van der Waals surface area contributed by atoms with Gasteiger partial charge in [-0.2, -0.15) is 0 Å². The van der Waals surface area contributed by atoms with E-state index < -0.39 is 0 Å². The van der Waals surface area contributed by atoms with Gasteiger partial charge in [-0.15, -0.1) is 0 Å². The molecule has 0 aromatic heterocycles. The summed E-state index contributed by atoms with van der Waals surface area (Å²) in [5, 5.41) is 0. The molecule has 0 amide bonds. The molecular weight excluding hydrogens is 77.6 g/mol. The Morgan fingerprint density at radius 3 is 2.67 bits per heavy atom. The summed E-state index contributed by atoms with van der Waals surface area (Å²) in [6.07, 6.45) is 0. The molecule has 0 saturated carbocycles. The van der Waals surface area contributed by atoms with Crippen molar-refractivity contribution in [2.24, 2.45) is 0 Å². The molecule has 0 spiro atoms. The summed E-state index contributed by atoms with van der Waals surface area (Å²) in [5.41, 5.74) is 0. The third-order valence-electron chi connectivity index (χ3n) is 0.290. The van der Waals surface area contributed by atoms with E-state index in [1.165, 1.54) is 0 Å². The van der Waals surface area contributed by atoms with Crippen molar-refractivity contribution in [3.05, 3.63) is 0 Å². The Morgan fingerprint density at radius 1 is 1.83 bits per heavy atom. The molecule has 0 N–H and O–H groups in total. The number of hydrogen-bond donors (Lipinski definition) is 0. The molecule has 0 heterocycles. The molecule has 31 valence electrons. The van der Waals surface area contributed by atoms with Gasteiger partial charge in [0.05, 0.1) is 0 Å². The first-order valence-electron chi connectivity index (χ1n) is 1.70. The maximum absolute atomic E-state index is 4.53. The van der Waals surface area contributed by atoms with Crippen molar-refractivity contribution in [2.45, 2.75) is 6.92 Å². The molecule has 0 rings (SSSR count). The van der Waals surface area contributed by atoms with Crippen LogP contribution in [0.1, 0.15) is 6.92 Å². The average Bonchev–Trinajstić information content (AvgIpc) is 1.61. The lowest BCUT2D eigenvalue weighted by Gasteiger charge is -1.90. The fourth-order valence-electron chi connectivity index (χ4n) is 0.107. The second-order valence-corrected chi connectivity index (χ2v) is 0.688. The highest BCUT2D eigenvalue weighted by Gasteiger charge is 1.80. The van der Waals surface area contributed by atoms with Gasteiger partial charge in [0.25, 0.3) is 8.05 Å². The van der Waals surface area contributed by atoms with Gasteiger partial charge in [-0.1, -0.05) is 0 Å². The minimum atomic E-state index is 0.594. The van der Waals surface area contributed by atoms with E-state index in [4.69, 9.17) is 0 Å². The van der Waals surface area contributed by atoms with Gasteiger partial charge in [0.1, 0.15) is 0 Å². The first kappa shape index (κ1) is 6.05. The molecule has 0 saturated heterocycles. The largest absolute Gasteiger partial charge is 0.485 e. The standard InChI is InChI=1S/C2H5B2O2/c1-2-5-4-6-3/h2H2,1H3. The first-order valence-corrected chi connectivity index (χ1v) is 1.70. The summed E-state index contributed by atoms with van der Waals surface area (Å²) in [6.45, 7) is 2.44. The van der Waals surface area contributed by atoms with Crippen molar-refractivity contribution in [3.63, 3.8) is 0 Å². The Balaban J connectivity index is 2.34. The normalized spacial score (nSPS) is 8.17. The fraction of sp³-hybridized carbons (Fsp3) is 1.00. The van der Waals surface area contributed by atoms with Gasteiger partial charge in [0.2, 0.25) is 0 Å². The van der Waals surface area contributed by atoms with Crippen LogP contribution in [0.2, 0.25) is 0 Å². The Hall–Kier alpha value is 0.0499. The van der Waals surface area contributed by atoms with Crippen LogP contribution in [0.4, 0.5) is 0 Å². The van der Waals surface area contributed by atoms with Gasteiger partial charge in [-0.3, -0.25) is 0 Å². The highest BCUT2D eigenvalue weighted by molar-refractivity contribution is 6.27. The maximum Gasteiger partial charge on any atom is 0.470 e. The summed E-state index contributed by atoms with van der Waals surface area (Å²) in [5.74, 6) is 0. The van der Waals surface area contributed by atoms with Gasteiger partial charge >= 0.3 is 7.69 Å². The first-order chi connectivity index (χ1) is 2.91. The van der Waals surface area contributed by atoms with Gasteiger partial charge < -0.3 is 9.23 Å². The molecule has 0 aliphatic rings. The molecule has 0 unspecified atom stereocenters. The summed E-state index contributed by atoms with van der Waals surface area (Å²) in [6, 6.07) is 0. The van der Waals surface area contributed by atoms with E-state index in [9.17, 15) is 0 Å². The molecular formula is C2H5B2O2. The third kappa shape index (κ3) is 4.05. The molecule has 6 heavy (non-hydrogen) atoms. The van der Waals surface area contributed by atoms with E-state index in [1.54, 1.807) is 0 Å². The second kappa shape index (κ2) is 5.05. The summed E-state index contributed by atoms with van der Waals surface area (Å²) in [7, 11) is 5.62. The van der Waals surface area contributed by atoms with Crippen LogP contribution in [0.5, 0.6) is 0 Å². The molecule has 0 fully saturated rings. The minimum absolute atomic E-state index is 0.594. The predicted octanol–water partition coefficient (Wildman–Crippen LogP) is -0.343. The zero-order chi connectivity index (χ0) is 4.83. The van der Waals surface area contributed by atoms with Crippen LogP contribution in [0, 0.1) is 0 Å². The second-order valence-electron chi connectivity index (χ2n) is 0.688. The molecule has 0 aromatic rings. The minimum Gasteiger partial charge on any atom is -0.485 e. The summed E-state index contributed by atoms with van der Waals surface area (Å²) >= 11 is 0. The summed E-state index contributed by atoms with van der Waals surface area (Å²) in [4.78, 5) is 0. The third-order valence-corrected chi connectivity index (χ3v) is 0.290. The zero-order valence-electron chi connectivity index (χ0n) is 3.68. The van der Waals surface area contributed by atoms with Crippen LogP contribution in [-0.2, 0) is 9.23 Å². The topological polar surface area (TPSA) is 18.5 Å². The van der Waals surface area contributed by atoms with Gasteiger partial charge in [-0.25, -0.2) is 0 Å². The SMILES string of the molecule is [B]O[B]OCC. The van der Waals surface area contributed by atoms with Gasteiger partial charge in [0.15, 0.2) is 0 Å². The average molecular weight is 82.7 g/mol. The zero-order valence-corrected chi connectivity index (χ0v) is 3.68. The van der Waals surface area contributed by atoms with Crippen LogP contribution in [0.3, 0.4) is 0 Å². The molecule has 0 bridgehead atoms. The van der Waals surface area contributed by atoms with Gasteiger partial charge in [0, 0.05) is 6.61 Å². The number of hydrogen-bond acceptors (Lipinski definition) is 2. The quantitative estimate of drug-likeness (QED) is 0.343. The van der Waals surface area contributed by atoms with E-state index in [0.717, 1.165) is 7.69 Å². The van der Waals surface area contributed by atoms with Crippen molar-refractivity contribution in [2.75, 3.05) is 6.61 Å². The Kier molecular flexibility index (Phi) is 5.09. The molecule has 0 atom stereocenters. The Bertz CT molecular complexity index is 21.5. The van der Waals surface area contributed by atoms with Crippen LogP contribution in [-0.4, -0.2) is 22.3 Å². The van der Waals surface area contributed by atoms with Crippen LogP contribution in [0.15, 0.2) is 0 Å². The molecule has 0 aromatic carbocycles. The van der Waals surface area contributed by atoms with Crippen LogP contribution < -0.4 is 0 Å².